The fourth-order valence-corrected chi connectivity index (χ4v) is 1.39. The van der Waals surface area contributed by atoms with Crippen molar-refractivity contribution < 1.29 is 9.84 Å². The van der Waals surface area contributed by atoms with Gasteiger partial charge < -0.3 is 14.8 Å². The maximum absolute atomic E-state index is 9.90. The zero-order valence-corrected chi connectivity index (χ0v) is 6.21. The number of nitrogens with one attached hydrogen (secondary N) is 1. The van der Waals surface area contributed by atoms with Gasteiger partial charge in [0.1, 0.15) is 5.60 Å². The Morgan fingerprint density at radius 1 is 1.64 bits per heavy atom. The number of hydrogen-bond donors (Lipinski definition) is 2. The molecule has 0 spiro atoms. The summed E-state index contributed by atoms with van der Waals surface area (Å²) in [5.41, 5.74) is 0.0961. The summed E-state index contributed by atoms with van der Waals surface area (Å²) < 4.78 is 5.11. The van der Waals surface area contributed by atoms with Crippen molar-refractivity contribution in [3.63, 3.8) is 0 Å². The van der Waals surface area contributed by atoms with Crippen LogP contribution in [0.2, 0.25) is 0 Å². The van der Waals surface area contributed by atoms with Crippen LogP contribution in [-0.4, -0.2) is 23.3 Å². The van der Waals surface area contributed by atoms with Gasteiger partial charge in [0.05, 0.1) is 6.61 Å². The SMILES string of the molecule is OC1(c2ccc[nH]2)CCOC1. The second-order valence-electron chi connectivity index (χ2n) is 2.92. The Balaban J connectivity index is 2.27. The first kappa shape index (κ1) is 6.88. The van der Waals surface area contributed by atoms with Gasteiger partial charge in [-0.15, -0.1) is 0 Å². The molecule has 1 saturated heterocycles. The van der Waals surface area contributed by atoms with Crippen LogP contribution in [0.15, 0.2) is 18.3 Å². The molecule has 0 radical (unpaired) electrons. The van der Waals surface area contributed by atoms with Crippen molar-refractivity contribution >= 4 is 0 Å². The van der Waals surface area contributed by atoms with Crippen LogP contribution in [0.25, 0.3) is 0 Å². The van der Waals surface area contributed by atoms with Gasteiger partial charge in [-0.2, -0.15) is 0 Å². The zero-order valence-electron chi connectivity index (χ0n) is 6.21. The molecule has 60 valence electrons. The van der Waals surface area contributed by atoms with Gasteiger partial charge in [0.25, 0.3) is 0 Å². The van der Waals surface area contributed by atoms with Crippen molar-refractivity contribution in [1.29, 1.82) is 0 Å². The van der Waals surface area contributed by atoms with Crippen LogP contribution < -0.4 is 0 Å². The Morgan fingerprint density at radius 2 is 2.55 bits per heavy atom. The van der Waals surface area contributed by atoms with Crippen LogP contribution in [0.3, 0.4) is 0 Å². The van der Waals surface area contributed by atoms with Gasteiger partial charge in [0, 0.05) is 24.9 Å². The smallest absolute Gasteiger partial charge is 0.130 e. The van der Waals surface area contributed by atoms with Gasteiger partial charge in [-0.3, -0.25) is 0 Å². The fourth-order valence-electron chi connectivity index (χ4n) is 1.39. The number of hydrogen-bond acceptors (Lipinski definition) is 2. The predicted octanol–water partition coefficient (Wildman–Crippen LogP) is 0.623. The van der Waals surface area contributed by atoms with Crippen LogP contribution in [0.1, 0.15) is 12.1 Å². The van der Waals surface area contributed by atoms with Crippen LogP contribution in [-0.2, 0) is 10.3 Å². The van der Waals surface area contributed by atoms with Gasteiger partial charge in [0.15, 0.2) is 0 Å². The highest BCUT2D eigenvalue weighted by molar-refractivity contribution is 5.14. The number of H-pyrrole nitrogens is 1. The molecule has 11 heavy (non-hydrogen) atoms. The van der Waals surface area contributed by atoms with E-state index in [1.807, 2.05) is 18.3 Å². The third-order valence-electron chi connectivity index (χ3n) is 2.10. The van der Waals surface area contributed by atoms with Gasteiger partial charge in [-0.05, 0) is 12.1 Å². The molecule has 0 amide bonds. The summed E-state index contributed by atoms with van der Waals surface area (Å²) in [4.78, 5) is 2.99. The summed E-state index contributed by atoms with van der Waals surface area (Å²) in [6.07, 6.45) is 2.50. The Kier molecular flexibility index (Phi) is 1.47. The highest BCUT2D eigenvalue weighted by Gasteiger charge is 2.34. The third-order valence-corrected chi connectivity index (χ3v) is 2.10. The van der Waals surface area contributed by atoms with E-state index in [1.54, 1.807) is 0 Å². The van der Waals surface area contributed by atoms with Crippen molar-refractivity contribution in [3.05, 3.63) is 24.0 Å². The molecule has 1 aromatic rings. The fraction of sp³-hybridized carbons (Fsp3) is 0.500. The molecule has 2 N–H and O–H groups in total. The lowest BCUT2D eigenvalue weighted by Gasteiger charge is -2.17. The summed E-state index contributed by atoms with van der Waals surface area (Å²) >= 11 is 0. The molecule has 1 aromatic heterocycles. The number of aromatic amines is 1. The number of ether oxygens (including phenoxy) is 1. The monoisotopic (exact) mass is 153 g/mol. The lowest BCUT2D eigenvalue weighted by molar-refractivity contribution is 0.0199. The molecule has 3 nitrogen and oxygen atoms in total. The molecular weight excluding hydrogens is 142 g/mol. The Hall–Kier alpha value is -0.800. The first-order chi connectivity index (χ1) is 5.31. The van der Waals surface area contributed by atoms with Crippen molar-refractivity contribution in [2.24, 2.45) is 0 Å². The third kappa shape index (κ3) is 1.06. The van der Waals surface area contributed by atoms with Gasteiger partial charge in [-0.25, -0.2) is 0 Å². The molecule has 2 rings (SSSR count). The Labute approximate surface area is 65.0 Å². The second kappa shape index (κ2) is 2.36. The van der Waals surface area contributed by atoms with E-state index in [-0.39, 0.29) is 0 Å². The zero-order chi connectivity index (χ0) is 7.73. The largest absolute Gasteiger partial charge is 0.381 e. The predicted molar refractivity (Wildman–Crippen MR) is 40.1 cm³/mol. The first-order valence-corrected chi connectivity index (χ1v) is 3.75. The van der Waals surface area contributed by atoms with Gasteiger partial charge >= 0.3 is 0 Å². The quantitative estimate of drug-likeness (QED) is 0.621. The summed E-state index contributed by atoms with van der Waals surface area (Å²) in [7, 11) is 0. The maximum atomic E-state index is 9.90. The van der Waals surface area contributed by atoms with E-state index in [4.69, 9.17) is 4.74 Å². The van der Waals surface area contributed by atoms with Crippen LogP contribution in [0, 0.1) is 0 Å². The van der Waals surface area contributed by atoms with E-state index < -0.39 is 5.60 Å². The molecule has 1 unspecified atom stereocenters. The molecule has 3 heteroatoms. The first-order valence-electron chi connectivity index (χ1n) is 3.75. The molecule has 1 aliphatic rings. The molecule has 0 aliphatic carbocycles. The van der Waals surface area contributed by atoms with Crippen molar-refractivity contribution in [1.82, 2.24) is 4.98 Å². The Morgan fingerprint density at radius 3 is 3.09 bits per heavy atom. The highest BCUT2D eigenvalue weighted by Crippen LogP contribution is 2.28. The second-order valence-corrected chi connectivity index (χ2v) is 2.92. The minimum Gasteiger partial charge on any atom is -0.381 e. The normalized spacial score (nSPS) is 31.0. The van der Waals surface area contributed by atoms with E-state index in [9.17, 15) is 5.11 Å². The summed E-state index contributed by atoms with van der Waals surface area (Å²) in [6.45, 7) is 1.06. The van der Waals surface area contributed by atoms with E-state index in [0.717, 1.165) is 5.69 Å². The number of rotatable bonds is 1. The summed E-state index contributed by atoms with van der Waals surface area (Å²) in [5.74, 6) is 0. The lowest BCUT2D eigenvalue weighted by atomic mass is 10.00. The number of aliphatic hydroxyl groups is 1. The molecule has 2 heterocycles. The highest BCUT2D eigenvalue weighted by atomic mass is 16.5. The van der Waals surface area contributed by atoms with Crippen LogP contribution in [0.5, 0.6) is 0 Å². The average molecular weight is 153 g/mol. The number of aromatic nitrogens is 1. The van der Waals surface area contributed by atoms with Crippen molar-refractivity contribution in [3.8, 4) is 0 Å². The molecular formula is C8H11NO2. The standard InChI is InChI=1S/C8H11NO2/c10-8(3-5-11-6-8)7-2-1-4-9-7/h1-2,4,9-10H,3,5-6H2. The van der Waals surface area contributed by atoms with E-state index >= 15 is 0 Å². The summed E-state index contributed by atoms with van der Waals surface area (Å²) in [5, 5.41) is 9.90. The van der Waals surface area contributed by atoms with Crippen molar-refractivity contribution in [2.45, 2.75) is 12.0 Å². The van der Waals surface area contributed by atoms with E-state index in [1.165, 1.54) is 0 Å². The molecule has 0 bridgehead atoms. The molecule has 1 fully saturated rings. The van der Waals surface area contributed by atoms with Crippen molar-refractivity contribution in [2.75, 3.05) is 13.2 Å². The minimum absolute atomic E-state index is 0.410. The lowest BCUT2D eigenvalue weighted by Crippen LogP contribution is -2.25. The van der Waals surface area contributed by atoms with Gasteiger partial charge in [0.2, 0.25) is 0 Å². The maximum Gasteiger partial charge on any atom is 0.130 e. The van der Waals surface area contributed by atoms with Crippen LogP contribution in [0.4, 0.5) is 0 Å². The van der Waals surface area contributed by atoms with E-state index in [2.05, 4.69) is 4.98 Å². The topological polar surface area (TPSA) is 45.2 Å². The molecule has 0 saturated carbocycles. The van der Waals surface area contributed by atoms with E-state index in [0.29, 0.717) is 19.6 Å². The van der Waals surface area contributed by atoms with Crippen LogP contribution >= 0.6 is 0 Å². The summed E-state index contributed by atoms with van der Waals surface area (Å²) in [6, 6.07) is 3.76. The average Bonchev–Trinajstić information content (AvgIpc) is 2.55. The van der Waals surface area contributed by atoms with Gasteiger partial charge in [-0.1, -0.05) is 0 Å². The molecule has 1 atom stereocenters. The Bertz CT molecular complexity index is 224. The molecule has 1 aliphatic heterocycles. The molecule has 0 aromatic carbocycles. The minimum atomic E-state index is -0.760.